The fourth-order valence-corrected chi connectivity index (χ4v) is 2.05. The summed E-state index contributed by atoms with van der Waals surface area (Å²) in [4.78, 5) is 0. The monoisotopic (exact) mass is 243 g/mol. The molecule has 1 atom stereocenters. The number of hydrogen-bond donors (Lipinski definition) is 1. The average Bonchev–Trinajstić information content (AvgIpc) is 2.41. The molecular formula is C16H18FN. The van der Waals surface area contributed by atoms with Gasteiger partial charge in [0.2, 0.25) is 0 Å². The lowest BCUT2D eigenvalue weighted by molar-refractivity contribution is 0.619. The Kier molecular flexibility index (Phi) is 3.78. The van der Waals surface area contributed by atoms with E-state index in [0.29, 0.717) is 5.56 Å². The van der Waals surface area contributed by atoms with Crippen LogP contribution in [0.1, 0.15) is 24.1 Å². The molecule has 0 fully saturated rings. The Morgan fingerprint density at radius 3 is 2.50 bits per heavy atom. The van der Waals surface area contributed by atoms with Gasteiger partial charge in [0.25, 0.3) is 0 Å². The normalized spacial score (nSPS) is 12.4. The molecule has 2 aromatic rings. The summed E-state index contributed by atoms with van der Waals surface area (Å²) in [6.07, 6.45) is 0. The van der Waals surface area contributed by atoms with Gasteiger partial charge in [-0.05, 0) is 49.2 Å². The molecule has 1 unspecified atom stereocenters. The zero-order valence-corrected chi connectivity index (χ0v) is 11.0. The van der Waals surface area contributed by atoms with Crippen molar-refractivity contribution in [3.8, 4) is 11.1 Å². The van der Waals surface area contributed by atoms with Crippen LogP contribution in [-0.2, 0) is 0 Å². The Labute approximate surface area is 108 Å². The standard InChI is InChI=1S/C16H18FN/c1-11-8-9-13(10-16(11)17)15-7-5-4-6-14(15)12(2)18-3/h4-10,12,18H,1-3H3. The first-order valence-corrected chi connectivity index (χ1v) is 6.16. The molecule has 94 valence electrons. The molecule has 2 aromatic carbocycles. The minimum atomic E-state index is -0.153. The fraction of sp³-hybridized carbons (Fsp3) is 0.250. The highest BCUT2D eigenvalue weighted by Crippen LogP contribution is 2.29. The first kappa shape index (κ1) is 12.8. The second-order valence-electron chi connectivity index (χ2n) is 4.56. The van der Waals surface area contributed by atoms with Crippen molar-refractivity contribution in [2.75, 3.05) is 7.05 Å². The predicted molar refractivity (Wildman–Crippen MR) is 74.0 cm³/mol. The van der Waals surface area contributed by atoms with Gasteiger partial charge >= 0.3 is 0 Å². The minimum absolute atomic E-state index is 0.153. The third-order valence-corrected chi connectivity index (χ3v) is 3.34. The summed E-state index contributed by atoms with van der Waals surface area (Å²) in [7, 11) is 1.93. The number of halogens is 1. The van der Waals surface area contributed by atoms with Gasteiger partial charge in [0.1, 0.15) is 5.82 Å². The predicted octanol–water partition coefficient (Wildman–Crippen LogP) is 4.08. The molecule has 0 bridgehead atoms. The van der Waals surface area contributed by atoms with E-state index in [9.17, 15) is 4.39 Å². The molecule has 18 heavy (non-hydrogen) atoms. The zero-order valence-electron chi connectivity index (χ0n) is 11.0. The van der Waals surface area contributed by atoms with Crippen LogP contribution in [0.15, 0.2) is 42.5 Å². The number of nitrogens with one attached hydrogen (secondary N) is 1. The lowest BCUT2D eigenvalue weighted by atomic mass is 9.95. The van der Waals surface area contributed by atoms with E-state index < -0.39 is 0 Å². The van der Waals surface area contributed by atoms with Gasteiger partial charge in [-0.1, -0.05) is 36.4 Å². The molecule has 0 aliphatic rings. The van der Waals surface area contributed by atoms with Crippen LogP contribution in [0.25, 0.3) is 11.1 Å². The van der Waals surface area contributed by atoms with Crippen molar-refractivity contribution >= 4 is 0 Å². The number of hydrogen-bond acceptors (Lipinski definition) is 1. The van der Waals surface area contributed by atoms with Crippen LogP contribution in [0.5, 0.6) is 0 Å². The fourth-order valence-electron chi connectivity index (χ4n) is 2.05. The van der Waals surface area contributed by atoms with Crippen LogP contribution in [0.4, 0.5) is 4.39 Å². The third kappa shape index (κ3) is 2.44. The van der Waals surface area contributed by atoms with Gasteiger partial charge in [0, 0.05) is 6.04 Å². The lowest BCUT2D eigenvalue weighted by Crippen LogP contribution is -2.13. The summed E-state index contributed by atoms with van der Waals surface area (Å²) in [6.45, 7) is 3.88. The molecule has 0 spiro atoms. The molecule has 0 aliphatic heterocycles. The molecule has 0 aromatic heterocycles. The molecule has 1 nitrogen and oxygen atoms in total. The Hall–Kier alpha value is -1.67. The molecule has 0 saturated carbocycles. The Morgan fingerprint density at radius 2 is 1.83 bits per heavy atom. The molecule has 0 aliphatic carbocycles. The minimum Gasteiger partial charge on any atom is -0.313 e. The average molecular weight is 243 g/mol. The number of aryl methyl sites for hydroxylation is 1. The molecule has 0 heterocycles. The molecule has 0 radical (unpaired) electrons. The van der Waals surface area contributed by atoms with Crippen LogP contribution in [0.3, 0.4) is 0 Å². The van der Waals surface area contributed by atoms with Crippen LogP contribution in [-0.4, -0.2) is 7.05 Å². The SMILES string of the molecule is CNC(C)c1ccccc1-c1ccc(C)c(F)c1. The van der Waals surface area contributed by atoms with Crippen LogP contribution < -0.4 is 5.32 Å². The van der Waals surface area contributed by atoms with Crippen molar-refractivity contribution in [2.45, 2.75) is 19.9 Å². The Morgan fingerprint density at radius 1 is 1.11 bits per heavy atom. The second-order valence-corrected chi connectivity index (χ2v) is 4.56. The summed E-state index contributed by atoms with van der Waals surface area (Å²) >= 11 is 0. The molecule has 0 saturated heterocycles. The summed E-state index contributed by atoms with van der Waals surface area (Å²) in [5.74, 6) is -0.153. The third-order valence-electron chi connectivity index (χ3n) is 3.34. The van der Waals surface area contributed by atoms with Gasteiger partial charge < -0.3 is 5.32 Å². The van der Waals surface area contributed by atoms with Gasteiger partial charge in [0.15, 0.2) is 0 Å². The van der Waals surface area contributed by atoms with Crippen molar-refractivity contribution in [2.24, 2.45) is 0 Å². The largest absolute Gasteiger partial charge is 0.313 e. The first-order chi connectivity index (χ1) is 8.63. The maximum Gasteiger partial charge on any atom is 0.126 e. The molecule has 1 N–H and O–H groups in total. The Bertz CT molecular complexity index is 549. The van der Waals surface area contributed by atoms with Gasteiger partial charge in [-0.15, -0.1) is 0 Å². The Balaban J connectivity index is 2.53. The summed E-state index contributed by atoms with van der Waals surface area (Å²) in [5.41, 5.74) is 3.87. The maximum absolute atomic E-state index is 13.7. The van der Waals surface area contributed by atoms with Crippen molar-refractivity contribution in [3.63, 3.8) is 0 Å². The van der Waals surface area contributed by atoms with E-state index in [1.807, 2.05) is 37.4 Å². The smallest absolute Gasteiger partial charge is 0.126 e. The van der Waals surface area contributed by atoms with Crippen LogP contribution in [0.2, 0.25) is 0 Å². The lowest BCUT2D eigenvalue weighted by Gasteiger charge is -2.16. The summed E-state index contributed by atoms with van der Waals surface area (Å²) in [6, 6.07) is 13.8. The van der Waals surface area contributed by atoms with Crippen LogP contribution in [0, 0.1) is 12.7 Å². The van der Waals surface area contributed by atoms with E-state index in [0.717, 1.165) is 11.1 Å². The molecule has 2 rings (SSSR count). The van der Waals surface area contributed by atoms with E-state index >= 15 is 0 Å². The highest BCUT2D eigenvalue weighted by molar-refractivity contribution is 5.68. The number of rotatable bonds is 3. The molecule has 2 heteroatoms. The summed E-state index contributed by atoms with van der Waals surface area (Å²) < 4.78 is 13.7. The first-order valence-electron chi connectivity index (χ1n) is 6.16. The second kappa shape index (κ2) is 5.32. The highest BCUT2D eigenvalue weighted by atomic mass is 19.1. The molecule has 0 amide bonds. The quantitative estimate of drug-likeness (QED) is 0.856. The zero-order chi connectivity index (χ0) is 13.1. The molecular weight excluding hydrogens is 225 g/mol. The van der Waals surface area contributed by atoms with E-state index in [1.54, 1.807) is 13.0 Å². The number of benzene rings is 2. The van der Waals surface area contributed by atoms with Gasteiger partial charge in [-0.25, -0.2) is 4.39 Å². The van der Waals surface area contributed by atoms with Crippen LogP contribution >= 0.6 is 0 Å². The highest BCUT2D eigenvalue weighted by Gasteiger charge is 2.10. The van der Waals surface area contributed by atoms with E-state index in [2.05, 4.69) is 18.3 Å². The summed E-state index contributed by atoms with van der Waals surface area (Å²) in [5, 5.41) is 3.22. The van der Waals surface area contributed by atoms with Crippen molar-refractivity contribution in [1.29, 1.82) is 0 Å². The van der Waals surface area contributed by atoms with E-state index in [4.69, 9.17) is 0 Å². The van der Waals surface area contributed by atoms with Gasteiger partial charge in [0.05, 0.1) is 0 Å². The van der Waals surface area contributed by atoms with Gasteiger partial charge in [-0.2, -0.15) is 0 Å². The van der Waals surface area contributed by atoms with Crippen molar-refractivity contribution in [3.05, 3.63) is 59.4 Å². The van der Waals surface area contributed by atoms with Crippen molar-refractivity contribution in [1.82, 2.24) is 5.32 Å². The van der Waals surface area contributed by atoms with E-state index in [-0.39, 0.29) is 11.9 Å². The maximum atomic E-state index is 13.7. The van der Waals surface area contributed by atoms with Crippen molar-refractivity contribution < 1.29 is 4.39 Å². The topological polar surface area (TPSA) is 12.0 Å². The van der Waals surface area contributed by atoms with E-state index in [1.165, 1.54) is 5.56 Å². The van der Waals surface area contributed by atoms with Gasteiger partial charge in [-0.3, -0.25) is 0 Å².